The topological polar surface area (TPSA) is 69.2 Å². The lowest BCUT2D eigenvalue weighted by atomic mass is 10.2. The number of nitrogens with zero attached hydrogens (tertiary/aromatic N) is 1. The van der Waals surface area contributed by atoms with Crippen LogP contribution in [-0.2, 0) is 16.2 Å². The highest BCUT2D eigenvalue weighted by molar-refractivity contribution is 6.32. The van der Waals surface area contributed by atoms with Crippen LogP contribution in [0.3, 0.4) is 0 Å². The lowest BCUT2D eigenvalue weighted by Crippen LogP contribution is -2.16. The zero-order valence-corrected chi connectivity index (χ0v) is 19.2. The van der Waals surface area contributed by atoms with Gasteiger partial charge in [0, 0.05) is 16.3 Å². The molecule has 9 heteroatoms. The van der Waals surface area contributed by atoms with Crippen LogP contribution in [0.2, 0.25) is 10.0 Å². The summed E-state index contributed by atoms with van der Waals surface area (Å²) in [6.45, 7) is 2.05. The van der Waals surface area contributed by atoms with Crippen LogP contribution >= 0.6 is 23.2 Å². The van der Waals surface area contributed by atoms with Gasteiger partial charge in [-0.15, -0.1) is 0 Å². The molecule has 3 aromatic carbocycles. The summed E-state index contributed by atoms with van der Waals surface area (Å²) in [5, 5.41) is 7.34. The number of halogens is 3. The van der Waals surface area contributed by atoms with E-state index < -0.39 is 0 Å². The van der Waals surface area contributed by atoms with E-state index in [0.717, 1.165) is 0 Å². The van der Waals surface area contributed by atoms with Gasteiger partial charge in [0.25, 0.3) is 5.91 Å². The molecule has 3 rings (SSSR count). The minimum Gasteiger partial charge on any atom is -0.490 e. The van der Waals surface area contributed by atoms with E-state index in [1.807, 2.05) is 6.92 Å². The average Bonchev–Trinajstić information content (AvgIpc) is 2.78. The van der Waals surface area contributed by atoms with E-state index in [4.69, 9.17) is 37.5 Å². The van der Waals surface area contributed by atoms with E-state index >= 15 is 0 Å². The van der Waals surface area contributed by atoms with Crippen molar-refractivity contribution in [2.75, 3.05) is 18.5 Å². The molecule has 0 fully saturated rings. The predicted octanol–water partition coefficient (Wildman–Crippen LogP) is 6.10. The van der Waals surface area contributed by atoms with Crippen molar-refractivity contribution in [3.63, 3.8) is 0 Å². The van der Waals surface area contributed by atoms with Crippen LogP contribution in [0.1, 0.15) is 18.1 Å². The molecule has 0 saturated carbocycles. The van der Waals surface area contributed by atoms with Gasteiger partial charge in [-0.2, -0.15) is 0 Å². The van der Waals surface area contributed by atoms with Crippen LogP contribution in [0.5, 0.6) is 11.5 Å². The van der Waals surface area contributed by atoms with Gasteiger partial charge in [0.1, 0.15) is 12.4 Å². The number of amides is 1. The number of carbonyl (C=O) groups is 1. The SMILES string of the molecule is CCOc1cc(/C=N/OCC(=O)Nc2ccc(Cl)cc2)cc(Cl)c1OCc1cccc(F)c1. The molecule has 6 nitrogen and oxygen atoms in total. The molecule has 3 aromatic rings. The minimum absolute atomic E-state index is 0.122. The highest BCUT2D eigenvalue weighted by atomic mass is 35.5. The van der Waals surface area contributed by atoms with Crippen molar-refractivity contribution in [3.05, 3.63) is 87.7 Å². The van der Waals surface area contributed by atoms with Crippen LogP contribution in [0.4, 0.5) is 10.1 Å². The number of hydrogen-bond acceptors (Lipinski definition) is 5. The van der Waals surface area contributed by atoms with Crippen molar-refractivity contribution in [3.8, 4) is 11.5 Å². The molecule has 0 radical (unpaired) electrons. The molecule has 0 unspecified atom stereocenters. The maximum Gasteiger partial charge on any atom is 0.265 e. The lowest BCUT2D eigenvalue weighted by Gasteiger charge is -2.14. The van der Waals surface area contributed by atoms with Crippen LogP contribution in [0.25, 0.3) is 0 Å². The quantitative estimate of drug-likeness (QED) is 0.275. The molecular weight excluding hydrogens is 470 g/mol. The minimum atomic E-state index is -0.372. The third kappa shape index (κ3) is 7.66. The van der Waals surface area contributed by atoms with Crippen molar-refractivity contribution >= 4 is 41.0 Å². The second kappa shape index (κ2) is 12.1. The van der Waals surface area contributed by atoms with Gasteiger partial charge in [-0.1, -0.05) is 40.5 Å². The second-order valence-corrected chi connectivity index (χ2v) is 7.59. The summed E-state index contributed by atoms with van der Waals surface area (Å²) in [6.07, 6.45) is 1.40. The van der Waals surface area contributed by atoms with E-state index in [0.29, 0.717) is 45.0 Å². The van der Waals surface area contributed by atoms with Crippen molar-refractivity contribution in [1.82, 2.24) is 0 Å². The fourth-order valence-electron chi connectivity index (χ4n) is 2.77. The second-order valence-electron chi connectivity index (χ2n) is 6.74. The smallest absolute Gasteiger partial charge is 0.265 e. The Kier molecular flexibility index (Phi) is 8.92. The zero-order chi connectivity index (χ0) is 23.6. The predicted molar refractivity (Wildman–Crippen MR) is 127 cm³/mol. The molecule has 0 heterocycles. The van der Waals surface area contributed by atoms with Gasteiger partial charge in [0.15, 0.2) is 18.1 Å². The largest absolute Gasteiger partial charge is 0.490 e. The summed E-state index contributed by atoms with van der Waals surface area (Å²) in [5.41, 5.74) is 1.84. The Balaban J connectivity index is 1.59. The Morgan fingerprint density at radius 1 is 1.09 bits per heavy atom. The summed E-state index contributed by atoms with van der Waals surface area (Å²) in [7, 11) is 0. The third-order valence-corrected chi connectivity index (χ3v) is 4.74. The maximum absolute atomic E-state index is 13.4. The van der Waals surface area contributed by atoms with Crippen LogP contribution in [0.15, 0.2) is 65.8 Å². The van der Waals surface area contributed by atoms with E-state index in [9.17, 15) is 9.18 Å². The van der Waals surface area contributed by atoms with E-state index in [-0.39, 0.29) is 24.9 Å². The molecule has 0 atom stereocenters. The molecule has 0 bridgehead atoms. The van der Waals surface area contributed by atoms with Crippen molar-refractivity contribution in [1.29, 1.82) is 0 Å². The van der Waals surface area contributed by atoms with Crippen LogP contribution < -0.4 is 14.8 Å². The molecule has 0 aliphatic rings. The molecule has 0 saturated heterocycles. The number of ether oxygens (including phenoxy) is 2. The van der Waals surface area contributed by atoms with Gasteiger partial charge >= 0.3 is 0 Å². The maximum atomic E-state index is 13.4. The average molecular weight is 491 g/mol. The summed E-state index contributed by atoms with van der Waals surface area (Å²) < 4.78 is 24.8. The van der Waals surface area contributed by atoms with Crippen molar-refractivity contribution in [2.45, 2.75) is 13.5 Å². The number of anilines is 1. The molecule has 172 valence electrons. The van der Waals surface area contributed by atoms with Crippen LogP contribution in [0, 0.1) is 5.82 Å². The first kappa shape index (κ1) is 24.4. The number of nitrogens with one attached hydrogen (secondary N) is 1. The summed E-state index contributed by atoms with van der Waals surface area (Å²) >= 11 is 12.2. The number of hydrogen-bond donors (Lipinski definition) is 1. The highest BCUT2D eigenvalue weighted by Gasteiger charge is 2.13. The first-order chi connectivity index (χ1) is 15.9. The molecule has 1 amide bonds. The summed E-state index contributed by atoms with van der Waals surface area (Å²) in [6, 6.07) is 16.1. The highest BCUT2D eigenvalue weighted by Crippen LogP contribution is 2.37. The van der Waals surface area contributed by atoms with Crippen molar-refractivity contribution in [2.24, 2.45) is 5.16 Å². The van der Waals surface area contributed by atoms with Gasteiger partial charge in [-0.25, -0.2) is 4.39 Å². The summed E-state index contributed by atoms with van der Waals surface area (Å²) in [4.78, 5) is 17.0. The molecule has 1 N–H and O–H groups in total. The van der Waals surface area contributed by atoms with E-state index in [2.05, 4.69) is 10.5 Å². The Morgan fingerprint density at radius 2 is 1.88 bits per heavy atom. The van der Waals surface area contributed by atoms with Gasteiger partial charge in [0.2, 0.25) is 0 Å². The fraction of sp³-hybridized carbons (Fsp3) is 0.167. The fourth-order valence-corrected chi connectivity index (χ4v) is 3.17. The molecule has 0 spiro atoms. The first-order valence-corrected chi connectivity index (χ1v) is 10.7. The Hall–Kier alpha value is -3.29. The Bertz CT molecular complexity index is 1120. The van der Waals surface area contributed by atoms with E-state index in [1.54, 1.807) is 48.5 Å². The molecule has 0 aliphatic carbocycles. The number of oxime groups is 1. The van der Waals surface area contributed by atoms with Gasteiger partial charge in [0.05, 0.1) is 17.8 Å². The molecule has 33 heavy (non-hydrogen) atoms. The standard InChI is InChI=1S/C24H21Cl2FN2O4/c1-2-31-22-12-17(11-21(26)24(22)32-14-16-4-3-5-19(27)10-16)13-28-33-15-23(30)29-20-8-6-18(25)7-9-20/h3-13H,2,14-15H2,1H3,(H,29,30)/b28-13+. The van der Waals surface area contributed by atoms with Crippen molar-refractivity contribution < 1.29 is 23.5 Å². The van der Waals surface area contributed by atoms with Gasteiger partial charge in [-0.3, -0.25) is 4.79 Å². The number of rotatable bonds is 10. The molecular formula is C24H21Cl2FN2O4. The number of carbonyl (C=O) groups excluding carboxylic acids is 1. The normalized spacial score (nSPS) is 10.8. The summed E-state index contributed by atoms with van der Waals surface area (Å²) in [5.74, 6) is 0.0239. The van der Waals surface area contributed by atoms with Crippen LogP contribution in [-0.4, -0.2) is 25.3 Å². The lowest BCUT2D eigenvalue weighted by molar-refractivity contribution is -0.120. The first-order valence-electron chi connectivity index (χ1n) is 9.99. The van der Waals surface area contributed by atoms with E-state index in [1.165, 1.54) is 18.3 Å². The molecule has 0 aromatic heterocycles. The zero-order valence-electron chi connectivity index (χ0n) is 17.7. The monoisotopic (exact) mass is 490 g/mol. The third-order valence-electron chi connectivity index (χ3n) is 4.20. The van der Waals surface area contributed by atoms with Gasteiger partial charge in [-0.05, 0) is 61.0 Å². The Morgan fingerprint density at radius 3 is 2.61 bits per heavy atom. The Labute approximate surface area is 200 Å². The number of benzene rings is 3. The molecule has 0 aliphatic heterocycles. The van der Waals surface area contributed by atoms with Gasteiger partial charge < -0.3 is 19.6 Å².